The highest BCUT2D eigenvalue weighted by Crippen LogP contribution is 2.29. The van der Waals surface area contributed by atoms with Gasteiger partial charge in [-0.1, -0.05) is 24.3 Å². The molecule has 1 amide bonds. The van der Waals surface area contributed by atoms with Crippen LogP contribution in [-0.2, 0) is 4.79 Å². The van der Waals surface area contributed by atoms with Gasteiger partial charge in [-0.25, -0.2) is 9.97 Å². The largest absolute Gasteiger partial charge is 0.324 e. The number of pyridine rings is 1. The Balaban J connectivity index is 1.34. The molecule has 6 rings (SSSR count). The zero-order chi connectivity index (χ0) is 17.5. The van der Waals surface area contributed by atoms with Crippen LogP contribution in [0.3, 0.4) is 0 Å². The molecule has 3 atom stereocenters. The normalized spacial score (nSPS) is 24.1. The van der Waals surface area contributed by atoms with Crippen molar-refractivity contribution in [2.75, 3.05) is 11.9 Å². The van der Waals surface area contributed by atoms with Gasteiger partial charge >= 0.3 is 0 Å². The van der Waals surface area contributed by atoms with E-state index in [2.05, 4.69) is 32.8 Å². The summed E-state index contributed by atoms with van der Waals surface area (Å²) < 4.78 is 1.94. The third-order valence-electron chi connectivity index (χ3n) is 5.25. The minimum Gasteiger partial charge on any atom is -0.324 e. The van der Waals surface area contributed by atoms with Crippen molar-refractivity contribution in [1.82, 2.24) is 19.9 Å². The van der Waals surface area contributed by atoms with Crippen molar-refractivity contribution in [2.24, 2.45) is 11.8 Å². The Bertz CT molecular complexity index is 991. The molecule has 6 nitrogen and oxygen atoms in total. The molecule has 2 N–H and O–H groups in total. The molecule has 2 bridgehead atoms. The van der Waals surface area contributed by atoms with E-state index in [4.69, 9.17) is 0 Å². The first-order valence-corrected chi connectivity index (χ1v) is 8.89. The molecule has 1 fully saturated rings. The fourth-order valence-corrected chi connectivity index (χ4v) is 3.86. The number of para-hydroxylation sites is 2. The molecular formula is C20H19N5O. The number of amides is 1. The lowest BCUT2D eigenvalue weighted by Gasteiger charge is -2.37. The highest BCUT2D eigenvalue weighted by molar-refractivity contribution is 5.93. The molecule has 3 aliphatic rings. The van der Waals surface area contributed by atoms with E-state index in [0.29, 0.717) is 11.6 Å². The van der Waals surface area contributed by atoms with Crippen molar-refractivity contribution in [3.05, 3.63) is 61.1 Å². The predicted molar refractivity (Wildman–Crippen MR) is 100 cm³/mol. The highest BCUT2D eigenvalue weighted by atomic mass is 16.1. The van der Waals surface area contributed by atoms with Gasteiger partial charge in [-0.15, -0.1) is 0 Å². The summed E-state index contributed by atoms with van der Waals surface area (Å²) in [5.74, 6) is 1.28. The molecule has 4 heterocycles. The van der Waals surface area contributed by atoms with E-state index in [0.717, 1.165) is 29.8 Å². The van der Waals surface area contributed by atoms with Crippen LogP contribution in [0.4, 0.5) is 5.69 Å². The molecular weight excluding hydrogens is 326 g/mol. The summed E-state index contributed by atoms with van der Waals surface area (Å²) in [5.41, 5.74) is 2.65. The SMILES string of the molecule is O=C(Nc1ccc(-n2cnc3ccccc32)nc1)C1CC2C=CC1NC2. The molecule has 2 aliphatic heterocycles. The number of hydrogen-bond donors (Lipinski definition) is 2. The first-order chi connectivity index (χ1) is 12.8. The molecule has 3 aromatic rings. The molecule has 6 heteroatoms. The van der Waals surface area contributed by atoms with Crippen LogP contribution in [0.2, 0.25) is 0 Å². The molecule has 130 valence electrons. The average molecular weight is 345 g/mol. The van der Waals surface area contributed by atoms with Crippen LogP contribution < -0.4 is 10.6 Å². The molecule has 1 saturated heterocycles. The zero-order valence-corrected chi connectivity index (χ0v) is 14.2. The van der Waals surface area contributed by atoms with E-state index >= 15 is 0 Å². The number of carbonyl (C=O) groups excluding carboxylic acids is 1. The van der Waals surface area contributed by atoms with Gasteiger partial charge in [0.1, 0.15) is 12.1 Å². The fraction of sp³-hybridized carbons (Fsp3) is 0.250. The number of hydrogen-bond acceptors (Lipinski definition) is 4. The highest BCUT2D eigenvalue weighted by Gasteiger charge is 2.36. The van der Waals surface area contributed by atoms with Gasteiger partial charge < -0.3 is 10.6 Å². The maximum Gasteiger partial charge on any atom is 0.229 e. The van der Waals surface area contributed by atoms with Crippen molar-refractivity contribution < 1.29 is 4.79 Å². The summed E-state index contributed by atoms with van der Waals surface area (Å²) in [6.45, 7) is 0.972. The lowest BCUT2D eigenvalue weighted by Crippen LogP contribution is -2.51. The number of aromatic nitrogens is 3. The first kappa shape index (κ1) is 15.3. The number of benzene rings is 1. The van der Waals surface area contributed by atoms with Crippen molar-refractivity contribution in [2.45, 2.75) is 12.5 Å². The smallest absolute Gasteiger partial charge is 0.229 e. The van der Waals surface area contributed by atoms with E-state index in [1.807, 2.05) is 41.0 Å². The summed E-state index contributed by atoms with van der Waals surface area (Å²) in [5, 5.41) is 6.41. The van der Waals surface area contributed by atoms with Crippen LogP contribution in [0.1, 0.15) is 6.42 Å². The lowest BCUT2D eigenvalue weighted by atomic mass is 9.78. The van der Waals surface area contributed by atoms with E-state index in [-0.39, 0.29) is 17.9 Å². The molecule has 3 unspecified atom stereocenters. The number of nitrogens with one attached hydrogen (secondary N) is 2. The van der Waals surface area contributed by atoms with Gasteiger partial charge in [0.15, 0.2) is 0 Å². The number of rotatable bonds is 3. The molecule has 2 aromatic heterocycles. The third-order valence-corrected chi connectivity index (χ3v) is 5.25. The van der Waals surface area contributed by atoms with E-state index in [1.54, 1.807) is 12.5 Å². The number of fused-ring (bicyclic) bond motifs is 3. The summed E-state index contributed by atoms with van der Waals surface area (Å²) in [4.78, 5) is 21.5. The molecule has 1 aromatic carbocycles. The van der Waals surface area contributed by atoms with E-state index in [9.17, 15) is 4.79 Å². The fourth-order valence-electron chi connectivity index (χ4n) is 3.86. The van der Waals surface area contributed by atoms with Crippen LogP contribution in [0.25, 0.3) is 16.9 Å². The van der Waals surface area contributed by atoms with Gasteiger partial charge in [-0.3, -0.25) is 9.36 Å². The van der Waals surface area contributed by atoms with Gasteiger partial charge in [0.2, 0.25) is 5.91 Å². The van der Waals surface area contributed by atoms with Crippen molar-refractivity contribution in [3.8, 4) is 5.82 Å². The molecule has 0 spiro atoms. The number of nitrogens with zero attached hydrogens (tertiary/aromatic N) is 3. The maximum atomic E-state index is 12.6. The minimum atomic E-state index is -0.0176. The number of imidazole rings is 1. The number of piperidine rings is 1. The van der Waals surface area contributed by atoms with E-state index < -0.39 is 0 Å². The van der Waals surface area contributed by atoms with Crippen molar-refractivity contribution in [3.63, 3.8) is 0 Å². The molecule has 0 saturated carbocycles. The summed E-state index contributed by atoms with van der Waals surface area (Å²) in [6.07, 6.45) is 8.71. The van der Waals surface area contributed by atoms with Gasteiger partial charge in [-0.05, 0) is 36.6 Å². The summed E-state index contributed by atoms with van der Waals surface area (Å²) in [6, 6.07) is 11.9. The monoisotopic (exact) mass is 345 g/mol. The summed E-state index contributed by atoms with van der Waals surface area (Å²) >= 11 is 0. The number of anilines is 1. The minimum absolute atomic E-state index is 0.0176. The van der Waals surface area contributed by atoms with Crippen LogP contribution >= 0.6 is 0 Å². The second-order valence-electron chi connectivity index (χ2n) is 6.92. The topological polar surface area (TPSA) is 71.8 Å². The van der Waals surface area contributed by atoms with Gasteiger partial charge in [-0.2, -0.15) is 0 Å². The van der Waals surface area contributed by atoms with Gasteiger partial charge in [0.25, 0.3) is 0 Å². The molecule has 0 radical (unpaired) electrons. The summed E-state index contributed by atoms with van der Waals surface area (Å²) in [7, 11) is 0. The second kappa shape index (κ2) is 6.07. The Labute approximate surface area is 151 Å². The first-order valence-electron chi connectivity index (χ1n) is 8.89. The van der Waals surface area contributed by atoms with Crippen molar-refractivity contribution >= 4 is 22.6 Å². The van der Waals surface area contributed by atoms with Crippen molar-refractivity contribution in [1.29, 1.82) is 0 Å². The Morgan fingerprint density at radius 3 is 2.81 bits per heavy atom. The van der Waals surface area contributed by atoms with Crippen LogP contribution in [-0.4, -0.2) is 33.0 Å². The quantitative estimate of drug-likeness (QED) is 0.716. The van der Waals surface area contributed by atoms with Gasteiger partial charge in [0, 0.05) is 12.6 Å². The Kier molecular flexibility index (Phi) is 3.57. The average Bonchev–Trinajstić information content (AvgIpc) is 3.13. The van der Waals surface area contributed by atoms with Crippen LogP contribution in [0, 0.1) is 11.8 Å². The van der Waals surface area contributed by atoms with E-state index in [1.165, 1.54) is 0 Å². The standard InChI is InChI=1S/C20H19N5O/c26-20(15-9-13-5-7-16(15)21-10-13)24-14-6-8-19(22-11-14)25-12-23-17-3-1-2-4-18(17)25/h1-8,11-13,15-16,21H,9-10H2,(H,24,26). The number of carbonyl (C=O) groups is 1. The zero-order valence-electron chi connectivity index (χ0n) is 14.2. The predicted octanol–water partition coefficient (Wildman–Crippen LogP) is 2.52. The van der Waals surface area contributed by atoms with Gasteiger partial charge in [0.05, 0.1) is 28.8 Å². The Hall–Kier alpha value is -2.99. The van der Waals surface area contributed by atoms with Crippen LogP contribution in [0.15, 0.2) is 61.1 Å². The van der Waals surface area contributed by atoms with Crippen LogP contribution in [0.5, 0.6) is 0 Å². The Morgan fingerprint density at radius 1 is 1.15 bits per heavy atom. The Morgan fingerprint density at radius 2 is 2.08 bits per heavy atom. The third kappa shape index (κ3) is 2.59. The second-order valence-corrected chi connectivity index (χ2v) is 6.92. The molecule has 1 aliphatic carbocycles. The maximum absolute atomic E-state index is 12.6. The lowest BCUT2D eigenvalue weighted by molar-refractivity contribution is -0.121. The molecule has 26 heavy (non-hydrogen) atoms.